The van der Waals surface area contributed by atoms with Gasteiger partial charge < -0.3 is 25.3 Å². The molecule has 1 unspecified atom stereocenters. The molecule has 0 spiro atoms. The standard InChI is InChI=1S/C21H25N5O3/c1-13-19(24-12-23-13)20(28)22-10-14-4-2-3-7-26(11-14)21(29)18-9-15-8-16(27)5-6-17(15)25-18/h5-6,8-9,12,14,25,27H,2-4,7,10-11H2,1H3,(H,22,28)(H,23,24). The molecule has 1 aliphatic heterocycles. The summed E-state index contributed by atoms with van der Waals surface area (Å²) in [7, 11) is 0. The Hall–Kier alpha value is -3.29. The van der Waals surface area contributed by atoms with Crippen LogP contribution in [0.15, 0.2) is 30.6 Å². The van der Waals surface area contributed by atoms with E-state index in [-0.39, 0.29) is 23.5 Å². The number of nitrogens with one attached hydrogen (secondary N) is 3. The highest BCUT2D eigenvalue weighted by Gasteiger charge is 2.25. The van der Waals surface area contributed by atoms with Gasteiger partial charge in [0.25, 0.3) is 11.8 Å². The molecule has 3 heterocycles. The van der Waals surface area contributed by atoms with Crippen molar-refractivity contribution >= 4 is 22.7 Å². The van der Waals surface area contributed by atoms with Crippen LogP contribution in [0.25, 0.3) is 10.9 Å². The van der Waals surface area contributed by atoms with E-state index in [9.17, 15) is 14.7 Å². The van der Waals surface area contributed by atoms with Crippen molar-refractivity contribution in [3.8, 4) is 5.75 Å². The smallest absolute Gasteiger partial charge is 0.271 e. The second kappa shape index (κ2) is 7.98. The van der Waals surface area contributed by atoms with Crippen LogP contribution in [0, 0.1) is 12.8 Å². The van der Waals surface area contributed by atoms with Crippen molar-refractivity contribution in [2.24, 2.45) is 5.92 Å². The zero-order chi connectivity index (χ0) is 20.4. The third-order valence-electron chi connectivity index (χ3n) is 5.49. The minimum Gasteiger partial charge on any atom is -0.508 e. The number of carbonyl (C=O) groups excluding carboxylic acids is 2. The van der Waals surface area contributed by atoms with Crippen molar-refractivity contribution in [1.29, 1.82) is 0 Å². The van der Waals surface area contributed by atoms with Gasteiger partial charge in [0.15, 0.2) is 0 Å². The maximum atomic E-state index is 13.1. The van der Waals surface area contributed by atoms with Gasteiger partial charge in [-0.25, -0.2) is 4.98 Å². The molecule has 8 heteroatoms. The fourth-order valence-electron chi connectivity index (χ4n) is 3.90. The predicted octanol–water partition coefficient (Wildman–Crippen LogP) is 2.58. The minimum absolute atomic E-state index is 0.0536. The number of benzene rings is 1. The van der Waals surface area contributed by atoms with Gasteiger partial charge in [0.2, 0.25) is 0 Å². The first-order valence-electron chi connectivity index (χ1n) is 9.90. The van der Waals surface area contributed by atoms with Crippen LogP contribution in [-0.4, -0.2) is 56.4 Å². The van der Waals surface area contributed by atoms with E-state index in [1.807, 2.05) is 11.8 Å². The summed E-state index contributed by atoms with van der Waals surface area (Å²) in [5.41, 5.74) is 2.49. The largest absolute Gasteiger partial charge is 0.508 e. The van der Waals surface area contributed by atoms with E-state index in [0.717, 1.165) is 35.9 Å². The number of fused-ring (bicyclic) bond motifs is 1. The number of aromatic nitrogens is 3. The number of aromatic amines is 2. The Balaban J connectivity index is 1.42. The molecule has 3 aromatic rings. The first kappa shape index (κ1) is 19.0. The van der Waals surface area contributed by atoms with Crippen LogP contribution in [0.1, 0.15) is 45.9 Å². The number of rotatable bonds is 4. The lowest BCUT2D eigenvalue weighted by Gasteiger charge is -2.24. The number of H-pyrrole nitrogens is 2. The summed E-state index contributed by atoms with van der Waals surface area (Å²) in [6.45, 7) is 3.62. The van der Waals surface area contributed by atoms with Gasteiger partial charge in [0.1, 0.15) is 17.1 Å². The van der Waals surface area contributed by atoms with E-state index in [4.69, 9.17) is 0 Å². The number of phenolic OH excluding ortho intramolecular Hbond substituents is 1. The maximum absolute atomic E-state index is 13.1. The molecule has 1 fully saturated rings. The number of aryl methyl sites for hydroxylation is 1. The Kier molecular flexibility index (Phi) is 5.24. The van der Waals surface area contributed by atoms with Crippen molar-refractivity contribution in [2.75, 3.05) is 19.6 Å². The molecule has 0 bridgehead atoms. The summed E-state index contributed by atoms with van der Waals surface area (Å²) in [4.78, 5) is 37.3. The molecule has 2 aromatic heterocycles. The molecule has 0 saturated carbocycles. The fraction of sp³-hybridized carbons (Fsp3) is 0.381. The summed E-state index contributed by atoms with van der Waals surface area (Å²) >= 11 is 0. The topological polar surface area (TPSA) is 114 Å². The second-order valence-corrected chi connectivity index (χ2v) is 7.65. The fourth-order valence-corrected chi connectivity index (χ4v) is 3.90. The molecule has 0 radical (unpaired) electrons. The van der Waals surface area contributed by atoms with Gasteiger partial charge in [-0.3, -0.25) is 9.59 Å². The first-order valence-corrected chi connectivity index (χ1v) is 9.90. The van der Waals surface area contributed by atoms with Crippen molar-refractivity contribution in [1.82, 2.24) is 25.2 Å². The van der Waals surface area contributed by atoms with Crippen LogP contribution in [0.4, 0.5) is 0 Å². The van der Waals surface area contributed by atoms with E-state index in [0.29, 0.717) is 31.0 Å². The van der Waals surface area contributed by atoms with Crippen molar-refractivity contribution in [3.63, 3.8) is 0 Å². The molecule has 4 N–H and O–H groups in total. The Bertz CT molecular complexity index is 1040. The molecular formula is C21H25N5O3. The number of hydrogen-bond acceptors (Lipinski definition) is 4. The quantitative estimate of drug-likeness (QED) is 0.544. The minimum atomic E-state index is -0.193. The number of phenols is 1. The third-order valence-corrected chi connectivity index (χ3v) is 5.49. The SMILES string of the molecule is Cc1[nH]cnc1C(=O)NCC1CCCCN(C(=O)c2cc3cc(O)ccc3[nH]2)C1. The average molecular weight is 395 g/mol. The lowest BCUT2D eigenvalue weighted by molar-refractivity contribution is 0.0735. The van der Waals surface area contributed by atoms with Crippen LogP contribution in [-0.2, 0) is 0 Å². The van der Waals surface area contributed by atoms with Gasteiger partial charge in [0.05, 0.1) is 6.33 Å². The van der Waals surface area contributed by atoms with Gasteiger partial charge in [-0.2, -0.15) is 0 Å². The molecule has 1 aliphatic rings. The van der Waals surface area contributed by atoms with Crippen LogP contribution in [0.3, 0.4) is 0 Å². The van der Waals surface area contributed by atoms with E-state index in [1.54, 1.807) is 24.3 Å². The highest BCUT2D eigenvalue weighted by Crippen LogP contribution is 2.23. The lowest BCUT2D eigenvalue weighted by Crippen LogP contribution is -2.39. The third kappa shape index (κ3) is 4.11. The zero-order valence-electron chi connectivity index (χ0n) is 16.4. The predicted molar refractivity (Wildman–Crippen MR) is 109 cm³/mol. The molecule has 8 nitrogen and oxygen atoms in total. The van der Waals surface area contributed by atoms with E-state index >= 15 is 0 Å². The van der Waals surface area contributed by atoms with Crippen molar-refractivity contribution in [2.45, 2.75) is 26.2 Å². The molecular weight excluding hydrogens is 370 g/mol. The number of hydrogen-bond donors (Lipinski definition) is 4. The van der Waals surface area contributed by atoms with E-state index in [1.165, 1.54) is 6.33 Å². The molecule has 4 rings (SSSR count). The molecule has 152 valence electrons. The molecule has 29 heavy (non-hydrogen) atoms. The monoisotopic (exact) mass is 395 g/mol. The second-order valence-electron chi connectivity index (χ2n) is 7.65. The summed E-state index contributed by atoms with van der Waals surface area (Å²) < 4.78 is 0. The van der Waals surface area contributed by atoms with Crippen LogP contribution < -0.4 is 5.32 Å². The van der Waals surface area contributed by atoms with Crippen LogP contribution >= 0.6 is 0 Å². The lowest BCUT2D eigenvalue weighted by atomic mass is 10.0. The molecule has 0 aliphatic carbocycles. The number of amides is 2. The number of imidazole rings is 1. The maximum Gasteiger partial charge on any atom is 0.271 e. The first-order chi connectivity index (χ1) is 14.0. The zero-order valence-corrected chi connectivity index (χ0v) is 16.4. The summed E-state index contributed by atoms with van der Waals surface area (Å²) in [6, 6.07) is 6.78. The van der Waals surface area contributed by atoms with E-state index in [2.05, 4.69) is 20.3 Å². The van der Waals surface area contributed by atoms with Gasteiger partial charge in [-0.05, 0) is 49.9 Å². The molecule has 1 aromatic carbocycles. The van der Waals surface area contributed by atoms with Gasteiger partial charge in [-0.15, -0.1) is 0 Å². The Morgan fingerprint density at radius 3 is 2.97 bits per heavy atom. The number of nitrogens with zero attached hydrogens (tertiary/aromatic N) is 2. The Morgan fingerprint density at radius 1 is 1.31 bits per heavy atom. The summed E-state index contributed by atoms with van der Waals surface area (Å²) in [5, 5.41) is 13.4. The van der Waals surface area contributed by atoms with Crippen LogP contribution in [0.2, 0.25) is 0 Å². The van der Waals surface area contributed by atoms with Crippen molar-refractivity contribution in [3.05, 3.63) is 47.7 Å². The normalized spacial score (nSPS) is 17.3. The number of aromatic hydroxyl groups is 1. The molecule has 1 saturated heterocycles. The van der Waals surface area contributed by atoms with Crippen LogP contribution in [0.5, 0.6) is 5.75 Å². The summed E-state index contributed by atoms with van der Waals surface area (Å²) in [5.74, 6) is 0.120. The van der Waals surface area contributed by atoms with Gasteiger partial charge >= 0.3 is 0 Å². The number of carbonyl (C=O) groups is 2. The Morgan fingerprint density at radius 2 is 2.17 bits per heavy atom. The Labute approximate surface area is 168 Å². The van der Waals surface area contributed by atoms with E-state index < -0.39 is 0 Å². The molecule has 2 amide bonds. The van der Waals surface area contributed by atoms with Gasteiger partial charge in [-0.1, -0.05) is 6.42 Å². The summed E-state index contributed by atoms with van der Waals surface area (Å²) in [6.07, 6.45) is 4.43. The average Bonchev–Trinajstić information content (AvgIpc) is 3.24. The highest BCUT2D eigenvalue weighted by atomic mass is 16.3. The van der Waals surface area contributed by atoms with Gasteiger partial charge in [0, 0.05) is 36.2 Å². The highest BCUT2D eigenvalue weighted by molar-refractivity contribution is 5.98. The van der Waals surface area contributed by atoms with Crippen molar-refractivity contribution < 1.29 is 14.7 Å². The molecule has 1 atom stereocenters. The number of likely N-dealkylation sites (tertiary alicyclic amines) is 1.